The predicted octanol–water partition coefficient (Wildman–Crippen LogP) is 4.46. The topological polar surface area (TPSA) is 107 Å². The number of H-pyrrole nitrogens is 1. The summed E-state index contributed by atoms with van der Waals surface area (Å²) < 4.78 is 60.9. The molecule has 3 aromatic rings. The van der Waals surface area contributed by atoms with Crippen LogP contribution in [0.15, 0.2) is 45.7 Å². The van der Waals surface area contributed by atoms with E-state index in [1.165, 1.54) is 6.07 Å². The van der Waals surface area contributed by atoms with Crippen molar-refractivity contribution < 1.29 is 36.6 Å². The van der Waals surface area contributed by atoms with E-state index < -0.39 is 29.7 Å². The minimum atomic E-state index is -5.08. The average molecular weight is 607 g/mol. The summed E-state index contributed by atoms with van der Waals surface area (Å²) in [5, 5.41) is 9.96. The molecule has 1 aliphatic heterocycles. The fraction of sp³-hybridized carbons (Fsp3) is 0.375. The van der Waals surface area contributed by atoms with Crippen molar-refractivity contribution in [2.24, 2.45) is 0 Å². The van der Waals surface area contributed by atoms with Gasteiger partial charge in [0.05, 0.1) is 11.0 Å². The molecule has 3 N–H and O–H groups in total. The average Bonchev–Trinajstić information content (AvgIpc) is 3.15. The van der Waals surface area contributed by atoms with Crippen LogP contribution in [0.3, 0.4) is 0 Å². The second-order valence-electron chi connectivity index (χ2n) is 8.80. The third kappa shape index (κ3) is 7.40. The van der Waals surface area contributed by atoms with E-state index in [1.54, 1.807) is 0 Å². The summed E-state index contributed by atoms with van der Waals surface area (Å²) >= 11 is 3.43. The highest BCUT2D eigenvalue weighted by Gasteiger charge is 2.38. The van der Waals surface area contributed by atoms with Crippen molar-refractivity contribution in [2.75, 3.05) is 19.6 Å². The van der Waals surface area contributed by atoms with Gasteiger partial charge in [0, 0.05) is 41.8 Å². The number of piperidine rings is 1. The Kier molecular flexibility index (Phi) is 9.31. The molecule has 1 aliphatic rings. The monoisotopic (exact) mass is 606 g/mol. The lowest BCUT2D eigenvalue weighted by molar-refractivity contribution is -0.192. The number of aliphatic carboxylic acids is 1. The number of amides is 1. The lowest BCUT2D eigenvalue weighted by atomic mass is 10.0. The molecule has 0 bridgehead atoms. The molecule has 0 radical (unpaired) electrons. The van der Waals surface area contributed by atoms with Gasteiger partial charge in [-0.2, -0.15) is 13.2 Å². The van der Waals surface area contributed by atoms with Gasteiger partial charge in [0.15, 0.2) is 11.6 Å². The number of carbonyl (C=O) groups excluding carboxylic acids is 1. The van der Waals surface area contributed by atoms with Crippen molar-refractivity contribution in [1.29, 1.82) is 0 Å². The molecule has 1 amide bonds. The van der Waals surface area contributed by atoms with Gasteiger partial charge in [-0.05, 0) is 56.2 Å². The summed E-state index contributed by atoms with van der Waals surface area (Å²) in [6, 6.07) is 8.85. The number of alkyl halides is 3. The molecular weight excluding hydrogens is 583 g/mol. The van der Waals surface area contributed by atoms with Crippen LogP contribution < -0.4 is 11.0 Å². The molecule has 0 aliphatic carbocycles. The minimum Gasteiger partial charge on any atom is -0.475 e. The molecule has 206 valence electrons. The molecule has 0 saturated carbocycles. The van der Waals surface area contributed by atoms with Crippen molar-refractivity contribution in [3.8, 4) is 0 Å². The Hall–Kier alpha value is -3.26. The lowest BCUT2D eigenvalue weighted by Crippen LogP contribution is -2.45. The van der Waals surface area contributed by atoms with Gasteiger partial charge >= 0.3 is 17.8 Å². The quantitative estimate of drug-likeness (QED) is 0.372. The zero-order valence-electron chi connectivity index (χ0n) is 20.0. The molecule has 2 aromatic carbocycles. The first-order valence-corrected chi connectivity index (χ1v) is 12.2. The lowest BCUT2D eigenvalue weighted by Gasteiger charge is -2.34. The first-order chi connectivity index (χ1) is 17.8. The number of imidazole rings is 1. The number of rotatable bonds is 5. The molecule has 2 heterocycles. The van der Waals surface area contributed by atoms with E-state index in [-0.39, 0.29) is 23.3 Å². The molecular formula is C24H24BrF5N4O4. The third-order valence-corrected chi connectivity index (χ3v) is 6.43. The van der Waals surface area contributed by atoms with Gasteiger partial charge in [0.25, 0.3) is 5.91 Å². The van der Waals surface area contributed by atoms with E-state index >= 15 is 0 Å². The van der Waals surface area contributed by atoms with Crippen molar-refractivity contribution in [3.63, 3.8) is 0 Å². The van der Waals surface area contributed by atoms with E-state index in [0.29, 0.717) is 6.54 Å². The number of carbonyl (C=O) groups is 2. The van der Waals surface area contributed by atoms with Crippen molar-refractivity contribution in [2.45, 2.75) is 38.0 Å². The summed E-state index contributed by atoms with van der Waals surface area (Å²) in [6.07, 6.45) is -3.43. The Morgan fingerprint density at radius 3 is 2.34 bits per heavy atom. The van der Waals surface area contributed by atoms with E-state index in [4.69, 9.17) is 9.90 Å². The number of nitrogens with zero attached hydrogens (tertiary/aromatic N) is 2. The van der Waals surface area contributed by atoms with E-state index in [1.807, 2.05) is 29.7 Å². The van der Waals surface area contributed by atoms with Gasteiger partial charge < -0.3 is 20.3 Å². The number of aromatic amines is 1. The van der Waals surface area contributed by atoms with Gasteiger partial charge in [-0.1, -0.05) is 15.9 Å². The fourth-order valence-corrected chi connectivity index (χ4v) is 4.56. The van der Waals surface area contributed by atoms with E-state index in [9.17, 15) is 31.5 Å². The first kappa shape index (κ1) is 29.3. The largest absolute Gasteiger partial charge is 0.490 e. The predicted molar refractivity (Wildman–Crippen MR) is 132 cm³/mol. The third-order valence-electron chi connectivity index (χ3n) is 5.93. The summed E-state index contributed by atoms with van der Waals surface area (Å²) in [7, 11) is 0. The normalized spacial score (nSPS) is 15.6. The molecule has 1 atom stereocenters. The van der Waals surface area contributed by atoms with E-state index in [2.05, 4.69) is 31.1 Å². The smallest absolute Gasteiger partial charge is 0.475 e. The van der Waals surface area contributed by atoms with Gasteiger partial charge in [0.1, 0.15) is 0 Å². The Labute approximate surface area is 221 Å². The second kappa shape index (κ2) is 12.1. The molecule has 1 aromatic heterocycles. The van der Waals surface area contributed by atoms with Gasteiger partial charge in [-0.15, -0.1) is 0 Å². The molecule has 38 heavy (non-hydrogen) atoms. The highest BCUT2D eigenvalue weighted by Crippen LogP contribution is 2.26. The van der Waals surface area contributed by atoms with Crippen LogP contribution in [0.4, 0.5) is 22.0 Å². The fourth-order valence-electron chi connectivity index (χ4n) is 4.20. The first-order valence-electron chi connectivity index (χ1n) is 11.4. The van der Waals surface area contributed by atoms with Crippen LogP contribution in [-0.2, 0) is 4.79 Å². The van der Waals surface area contributed by atoms with Crippen LogP contribution in [0.5, 0.6) is 0 Å². The molecule has 0 unspecified atom stereocenters. The van der Waals surface area contributed by atoms with Crippen molar-refractivity contribution >= 4 is 38.8 Å². The zero-order chi connectivity index (χ0) is 28.2. The van der Waals surface area contributed by atoms with Crippen molar-refractivity contribution in [1.82, 2.24) is 19.8 Å². The summed E-state index contributed by atoms with van der Waals surface area (Å²) in [5.74, 6) is -5.21. The number of aromatic nitrogens is 2. The Bertz CT molecular complexity index is 1370. The number of hydrogen-bond acceptors (Lipinski definition) is 4. The standard InChI is InChI=1S/C22H23BrF2N4O2.C2HF3O2/c1-13(26-21(30)14-2-4-17(24)18(25)10-14)12-28-8-6-16(7-9-28)29-20-5-3-15(23)11-19(20)27-22(29)31;3-2(4,5)1(6)7/h2-5,10-11,13,16H,6-9,12H2,1H3,(H,26,30)(H,27,31);(H,6,7)/t13-;/m0./s1. The van der Waals surface area contributed by atoms with Gasteiger partial charge in [-0.25, -0.2) is 18.4 Å². The van der Waals surface area contributed by atoms with Crippen LogP contribution in [-0.4, -0.2) is 63.3 Å². The molecule has 4 rings (SSSR count). The van der Waals surface area contributed by atoms with Gasteiger partial charge in [-0.3, -0.25) is 9.36 Å². The van der Waals surface area contributed by atoms with E-state index in [0.717, 1.165) is 53.6 Å². The van der Waals surface area contributed by atoms with Crippen LogP contribution in [0, 0.1) is 11.6 Å². The van der Waals surface area contributed by atoms with Crippen LogP contribution >= 0.6 is 15.9 Å². The molecule has 1 fully saturated rings. The number of halogens is 6. The van der Waals surface area contributed by atoms with Crippen LogP contribution in [0.25, 0.3) is 11.0 Å². The second-order valence-corrected chi connectivity index (χ2v) is 9.72. The molecule has 1 saturated heterocycles. The number of likely N-dealkylation sites (tertiary alicyclic amines) is 1. The van der Waals surface area contributed by atoms with Crippen LogP contribution in [0.1, 0.15) is 36.2 Å². The summed E-state index contributed by atoms with van der Waals surface area (Å²) in [6.45, 7) is 4.11. The number of carboxylic acid groups (broad SMARTS) is 1. The maximum absolute atomic E-state index is 13.4. The molecule has 0 spiro atoms. The minimum absolute atomic E-state index is 0.0924. The summed E-state index contributed by atoms with van der Waals surface area (Å²) in [5.41, 5.74) is 1.71. The SMILES string of the molecule is C[C@@H](CN1CCC(n2c(=O)[nH]c3cc(Br)ccc32)CC1)NC(=O)c1ccc(F)c(F)c1.O=C(O)C(F)(F)F. The summed E-state index contributed by atoms with van der Waals surface area (Å²) in [4.78, 5) is 38.8. The maximum Gasteiger partial charge on any atom is 0.490 e. The maximum atomic E-state index is 13.4. The molecule has 14 heteroatoms. The zero-order valence-corrected chi connectivity index (χ0v) is 21.6. The van der Waals surface area contributed by atoms with Crippen molar-refractivity contribution in [3.05, 3.63) is 68.6 Å². The van der Waals surface area contributed by atoms with Crippen LogP contribution in [0.2, 0.25) is 0 Å². The highest BCUT2D eigenvalue weighted by molar-refractivity contribution is 9.10. The number of benzene rings is 2. The molecule has 8 nitrogen and oxygen atoms in total. The number of hydrogen-bond donors (Lipinski definition) is 3. The Morgan fingerprint density at radius 2 is 1.76 bits per heavy atom. The highest BCUT2D eigenvalue weighted by atomic mass is 79.9. The number of nitrogens with one attached hydrogen (secondary N) is 2. The number of fused-ring (bicyclic) bond motifs is 1. The van der Waals surface area contributed by atoms with Gasteiger partial charge in [0.2, 0.25) is 0 Å². The Balaban J connectivity index is 0.000000505. The Morgan fingerprint density at radius 1 is 1.13 bits per heavy atom. The number of carboxylic acids is 1.